The van der Waals surface area contributed by atoms with Crippen LogP contribution in [0.2, 0.25) is 0 Å². The maximum Gasteiger partial charge on any atom is 0.421 e. The van der Waals surface area contributed by atoms with Crippen LogP contribution >= 0.6 is 0 Å². The number of fused-ring (bicyclic) bond motifs is 1. The van der Waals surface area contributed by atoms with Crippen LogP contribution in [0.15, 0.2) is 47.4 Å². The topological polar surface area (TPSA) is 124 Å². The summed E-state index contributed by atoms with van der Waals surface area (Å²) in [5, 5.41) is 22.7. The number of sulfone groups is 1. The lowest BCUT2D eigenvalue weighted by molar-refractivity contribution is -0.258. The minimum Gasteiger partial charge on any atom is -0.390 e. The number of carbonyl (C=O) groups excluding carboxylic acids is 2. The molecule has 8 nitrogen and oxygen atoms in total. The molecular weight excluding hydrogens is 537 g/mol. The van der Waals surface area contributed by atoms with E-state index in [1.165, 1.54) is 49.1 Å². The molecular formula is C27H31F3N2O6S. The average Bonchev–Trinajstić information content (AvgIpc) is 3.51. The van der Waals surface area contributed by atoms with E-state index in [2.05, 4.69) is 5.32 Å². The van der Waals surface area contributed by atoms with E-state index >= 15 is 0 Å². The second kappa shape index (κ2) is 9.90. The molecule has 1 heterocycles. The minimum atomic E-state index is -4.91. The van der Waals surface area contributed by atoms with Gasteiger partial charge in [-0.1, -0.05) is 18.2 Å². The zero-order valence-corrected chi connectivity index (χ0v) is 22.6. The highest BCUT2D eigenvalue weighted by atomic mass is 32.2. The number of hydrogen-bond donors (Lipinski definition) is 3. The van der Waals surface area contributed by atoms with Crippen LogP contribution in [-0.4, -0.2) is 52.9 Å². The van der Waals surface area contributed by atoms with Crippen molar-refractivity contribution in [1.82, 2.24) is 4.90 Å². The predicted octanol–water partition coefficient (Wildman–Crippen LogP) is 3.82. The number of carbonyl (C=O) groups is 2. The van der Waals surface area contributed by atoms with Gasteiger partial charge in [-0.05, 0) is 80.5 Å². The first kappa shape index (κ1) is 29.0. The van der Waals surface area contributed by atoms with Crippen LogP contribution in [0.3, 0.4) is 0 Å². The molecule has 0 aromatic heterocycles. The number of aliphatic hydroxyl groups is 2. The Morgan fingerprint density at radius 2 is 1.64 bits per heavy atom. The summed E-state index contributed by atoms with van der Waals surface area (Å²) >= 11 is 0. The fraction of sp³-hybridized carbons (Fsp3) is 0.481. The van der Waals surface area contributed by atoms with Crippen LogP contribution in [0, 0.1) is 5.92 Å². The summed E-state index contributed by atoms with van der Waals surface area (Å²) in [6.45, 7) is 3.47. The molecule has 2 unspecified atom stereocenters. The first-order valence-electron chi connectivity index (χ1n) is 12.5. The van der Waals surface area contributed by atoms with Crippen LogP contribution in [-0.2, 0) is 31.6 Å². The summed E-state index contributed by atoms with van der Waals surface area (Å²) in [5.41, 5.74) is -3.84. The maximum atomic E-state index is 13.4. The molecule has 0 bridgehead atoms. The van der Waals surface area contributed by atoms with Crippen LogP contribution in [0.25, 0.3) is 0 Å². The van der Waals surface area contributed by atoms with Crippen molar-refractivity contribution in [3.63, 3.8) is 0 Å². The Morgan fingerprint density at radius 1 is 1.03 bits per heavy atom. The van der Waals surface area contributed by atoms with Gasteiger partial charge in [0, 0.05) is 12.2 Å². The number of amides is 2. The van der Waals surface area contributed by atoms with E-state index in [1.807, 2.05) is 0 Å². The van der Waals surface area contributed by atoms with Crippen LogP contribution in [0.1, 0.15) is 62.8 Å². The zero-order chi connectivity index (χ0) is 29.0. The molecule has 2 aromatic rings. The Morgan fingerprint density at radius 3 is 2.18 bits per heavy atom. The third-order valence-corrected chi connectivity index (χ3v) is 8.87. The second-order valence-corrected chi connectivity index (χ2v) is 13.2. The molecule has 0 spiro atoms. The summed E-state index contributed by atoms with van der Waals surface area (Å²) in [4.78, 5) is 27.9. The standard InChI is InChI=1S/C27H31F3N2O6S/c1-25(2,35)13-22(33)32-14-17-12-20(39(37,38)15-16-4-5-16)10-11-21(17)23(32)24(34)31-19-8-6-18(7-9-19)26(3,36)27(28,29)30/h6-12,16,23,35-36H,4-5,13-15H2,1-3H3,(H,31,34). The Hall–Kier alpha value is -2.96. The number of anilines is 1. The van der Waals surface area contributed by atoms with E-state index < -0.39 is 50.6 Å². The third kappa shape index (κ3) is 6.28. The van der Waals surface area contributed by atoms with Crippen molar-refractivity contribution in [2.75, 3.05) is 11.1 Å². The number of nitrogens with one attached hydrogen (secondary N) is 1. The number of alkyl halides is 3. The smallest absolute Gasteiger partial charge is 0.390 e. The normalized spacial score (nSPS) is 19.4. The lowest BCUT2D eigenvalue weighted by atomic mass is 9.95. The van der Waals surface area contributed by atoms with Gasteiger partial charge in [0.15, 0.2) is 15.4 Å². The van der Waals surface area contributed by atoms with Gasteiger partial charge in [-0.15, -0.1) is 0 Å². The van der Waals surface area contributed by atoms with Gasteiger partial charge in [-0.2, -0.15) is 13.2 Å². The number of halogens is 3. The van der Waals surface area contributed by atoms with Gasteiger partial charge in [0.05, 0.1) is 22.7 Å². The van der Waals surface area contributed by atoms with Crippen LogP contribution in [0.4, 0.5) is 18.9 Å². The molecule has 39 heavy (non-hydrogen) atoms. The predicted molar refractivity (Wildman–Crippen MR) is 136 cm³/mol. The molecule has 1 aliphatic carbocycles. The summed E-state index contributed by atoms with van der Waals surface area (Å²) < 4.78 is 65.1. The molecule has 2 atom stereocenters. The molecule has 1 aliphatic heterocycles. The molecule has 0 saturated heterocycles. The number of rotatable bonds is 8. The van der Waals surface area contributed by atoms with E-state index in [9.17, 15) is 41.4 Å². The number of nitrogens with zero attached hydrogens (tertiary/aromatic N) is 1. The monoisotopic (exact) mass is 568 g/mol. The molecule has 2 aliphatic rings. The fourth-order valence-electron chi connectivity index (χ4n) is 4.55. The van der Waals surface area contributed by atoms with Gasteiger partial charge in [0.2, 0.25) is 5.91 Å². The van der Waals surface area contributed by atoms with Crippen LogP contribution in [0.5, 0.6) is 0 Å². The van der Waals surface area contributed by atoms with Crippen molar-refractivity contribution >= 4 is 27.3 Å². The van der Waals surface area contributed by atoms with Gasteiger partial charge >= 0.3 is 6.18 Å². The second-order valence-electron chi connectivity index (χ2n) is 11.1. The lowest BCUT2D eigenvalue weighted by Gasteiger charge is -2.28. The first-order chi connectivity index (χ1) is 17.9. The molecule has 4 rings (SSSR count). The summed E-state index contributed by atoms with van der Waals surface area (Å²) in [5.74, 6) is -1.02. The Labute approximate surface area is 224 Å². The fourth-order valence-corrected chi connectivity index (χ4v) is 6.30. The van der Waals surface area contributed by atoms with Crippen molar-refractivity contribution in [3.8, 4) is 0 Å². The van der Waals surface area contributed by atoms with Crippen molar-refractivity contribution in [2.45, 2.75) is 74.9 Å². The van der Waals surface area contributed by atoms with Crippen molar-refractivity contribution < 1.29 is 41.4 Å². The quantitative estimate of drug-likeness (QED) is 0.445. The summed E-state index contributed by atoms with van der Waals surface area (Å²) in [7, 11) is -3.54. The van der Waals surface area contributed by atoms with Gasteiger partial charge in [-0.3, -0.25) is 9.59 Å². The number of benzene rings is 2. The summed E-state index contributed by atoms with van der Waals surface area (Å²) in [6.07, 6.45) is -3.47. The van der Waals surface area contributed by atoms with E-state index in [1.54, 1.807) is 0 Å². The zero-order valence-electron chi connectivity index (χ0n) is 21.7. The van der Waals surface area contributed by atoms with E-state index in [4.69, 9.17) is 0 Å². The highest BCUT2D eigenvalue weighted by molar-refractivity contribution is 7.91. The summed E-state index contributed by atoms with van der Waals surface area (Å²) in [6, 6.07) is 7.72. The average molecular weight is 569 g/mol. The Balaban J connectivity index is 1.62. The maximum absolute atomic E-state index is 13.4. The molecule has 0 radical (unpaired) electrons. The molecule has 12 heteroatoms. The van der Waals surface area contributed by atoms with Gasteiger partial charge in [0.25, 0.3) is 5.91 Å². The molecule has 1 fully saturated rings. The van der Waals surface area contributed by atoms with Crippen molar-refractivity contribution in [3.05, 3.63) is 59.2 Å². The first-order valence-corrected chi connectivity index (χ1v) is 14.1. The van der Waals surface area contributed by atoms with E-state index in [-0.39, 0.29) is 35.2 Å². The molecule has 212 valence electrons. The highest BCUT2D eigenvalue weighted by Crippen LogP contribution is 2.40. The Bertz CT molecular complexity index is 1380. The SMILES string of the molecule is CC(C)(O)CC(=O)N1Cc2cc(S(=O)(=O)CC3CC3)ccc2C1C(=O)Nc1ccc(C(C)(O)C(F)(F)F)cc1. The van der Waals surface area contributed by atoms with E-state index in [0.717, 1.165) is 25.0 Å². The van der Waals surface area contributed by atoms with Crippen molar-refractivity contribution in [2.24, 2.45) is 5.92 Å². The van der Waals surface area contributed by atoms with E-state index in [0.29, 0.717) is 18.1 Å². The van der Waals surface area contributed by atoms with Gasteiger partial charge in [0.1, 0.15) is 6.04 Å². The lowest BCUT2D eigenvalue weighted by Crippen LogP contribution is -2.40. The molecule has 2 amide bonds. The van der Waals surface area contributed by atoms with Crippen molar-refractivity contribution in [1.29, 1.82) is 0 Å². The van der Waals surface area contributed by atoms with Gasteiger partial charge in [-0.25, -0.2) is 8.42 Å². The Kier molecular flexibility index (Phi) is 7.37. The molecule has 2 aromatic carbocycles. The molecule has 1 saturated carbocycles. The molecule has 3 N–H and O–H groups in total. The minimum absolute atomic E-state index is 0.0360. The highest BCUT2D eigenvalue weighted by Gasteiger charge is 2.51. The van der Waals surface area contributed by atoms with Crippen LogP contribution < -0.4 is 5.32 Å². The van der Waals surface area contributed by atoms with Gasteiger partial charge < -0.3 is 20.4 Å². The third-order valence-electron chi connectivity index (χ3n) is 6.99. The number of hydrogen-bond acceptors (Lipinski definition) is 6. The largest absolute Gasteiger partial charge is 0.421 e.